The van der Waals surface area contributed by atoms with Crippen LogP contribution in [0.1, 0.15) is 10.4 Å². The number of hydrogen-bond acceptors (Lipinski definition) is 4. The summed E-state index contributed by atoms with van der Waals surface area (Å²) in [6, 6.07) is 2.11. The Labute approximate surface area is 89.7 Å². The van der Waals surface area contributed by atoms with E-state index in [1.54, 1.807) is 0 Å². The number of carbonyl (C=O) groups is 1. The van der Waals surface area contributed by atoms with Gasteiger partial charge in [0.25, 0.3) is 11.9 Å². The molecule has 0 saturated carbocycles. The van der Waals surface area contributed by atoms with Gasteiger partial charge in [-0.05, 0) is 12.1 Å². The molecule has 0 spiro atoms. The summed E-state index contributed by atoms with van der Waals surface area (Å²) >= 11 is 0. The molecule has 0 radical (unpaired) electrons. The van der Waals surface area contributed by atoms with Crippen LogP contribution in [0.25, 0.3) is 11.1 Å². The van der Waals surface area contributed by atoms with Crippen molar-refractivity contribution in [2.75, 3.05) is 5.73 Å². The van der Waals surface area contributed by atoms with E-state index in [1.807, 2.05) is 0 Å². The van der Waals surface area contributed by atoms with E-state index in [0.29, 0.717) is 0 Å². The van der Waals surface area contributed by atoms with E-state index in [2.05, 4.69) is 4.98 Å². The maximum absolute atomic E-state index is 13.1. The number of halogens is 2. The summed E-state index contributed by atoms with van der Waals surface area (Å²) in [4.78, 5) is 14.6. The number of primary amides is 1. The molecule has 1 aromatic carbocycles. The predicted molar refractivity (Wildman–Crippen MR) is 54.1 cm³/mol. The van der Waals surface area contributed by atoms with Crippen molar-refractivity contribution in [2.24, 2.45) is 5.73 Å². The van der Waals surface area contributed by atoms with Gasteiger partial charge in [0, 0.05) is 0 Å². The number of nitrogens with zero attached hydrogens (tertiary/aromatic N) is 1. The summed E-state index contributed by atoms with van der Waals surface area (Å²) in [5.74, 6) is -1.34. The number of amides is 1. The molecule has 0 fully saturated rings. The lowest BCUT2D eigenvalue weighted by molar-refractivity contribution is 0.100. The standard InChI is InChI=1S/C8H6FN3O2.ClH/c9-4-2-1-3(7(10)13)5-6(4)14-8(11)12-5;/h1-2H,(H2,10,13)(H2,11,12);1H. The molecule has 0 aliphatic heterocycles. The molecule has 15 heavy (non-hydrogen) atoms. The van der Waals surface area contributed by atoms with Crippen molar-refractivity contribution < 1.29 is 13.6 Å². The van der Waals surface area contributed by atoms with Crippen molar-refractivity contribution in [1.29, 1.82) is 0 Å². The van der Waals surface area contributed by atoms with E-state index < -0.39 is 11.7 Å². The maximum atomic E-state index is 13.1. The summed E-state index contributed by atoms with van der Waals surface area (Å²) in [5.41, 5.74) is 10.3. The zero-order chi connectivity index (χ0) is 10.3. The van der Waals surface area contributed by atoms with Gasteiger partial charge in [0.2, 0.25) is 0 Å². The van der Waals surface area contributed by atoms with Crippen LogP contribution in [0.3, 0.4) is 0 Å². The van der Waals surface area contributed by atoms with Crippen molar-refractivity contribution in [3.05, 3.63) is 23.5 Å². The summed E-state index contributed by atoms with van der Waals surface area (Å²) in [6.45, 7) is 0. The number of benzene rings is 1. The average molecular weight is 232 g/mol. The largest absolute Gasteiger partial charge is 0.421 e. The van der Waals surface area contributed by atoms with E-state index in [4.69, 9.17) is 15.9 Å². The van der Waals surface area contributed by atoms with Gasteiger partial charge in [-0.2, -0.15) is 4.98 Å². The minimum Gasteiger partial charge on any atom is -0.421 e. The third kappa shape index (κ3) is 1.71. The molecule has 0 unspecified atom stereocenters. The summed E-state index contributed by atoms with van der Waals surface area (Å²) in [6.07, 6.45) is 0. The Balaban J connectivity index is 0.00000112. The molecule has 0 atom stereocenters. The Morgan fingerprint density at radius 3 is 2.73 bits per heavy atom. The van der Waals surface area contributed by atoms with Gasteiger partial charge >= 0.3 is 0 Å². The Kier molecular flexibility index (Phi) is 2.81. The van der Waals surface area contributed by atoms with Gasteiger partial charge in [0.05, 0.1) is 5.56 Å². The highest BCUT2D eigenvalue weighted by molar-refractivity contribution is 6.03. The Hall–Kier alpha value is -1.82. The van der Waals surface area contributed by atoms with Gasteiger partial charge < -0.3 is 15.9 Å². The van der Waals surface area contributed by atoms with Gasteiger partial charge in [-0.1, -0.05) is 0 Å². The molecule has 1 heterocycles. The third-order valence-corrected chi connectivity index (χ3v) is 1.78. The van der Waals surface area contributed by atoms with Crippen LogP contribution in [0.2, 0.25) is 0 Å². The van der Waals surface area contributed by atoms with Crippen molar-refractivity contribution in [3.8, 4) is 0 Å². The van der Waals surface area contributed by atoms with Crippen molar-refractivity contribution in [1.82, 2.24) is 4.98 Å². The van der Waals surface area contributed by atoms with E-state index in [9.17, 15) is 9.18 Å². The molecule has 4 N–H and O–H groups in total. The lowest BCUT2D eigenvalue weighted by atomic mass is 10.2. The molecule has 1 aromatic heterocycles. The van der Waals surface area contributed by atoms with Crippen LogP contribution in [0.4, 0.5) is 10.4 Å². The molecule has 5 nitrogen and oxygen atoms in total. The van der Waals surface area contributed by atoms with Crippen LogP contribution in [0.15, 0.2) is 16.5 Å². The highest BCUT2D eigenvalue weighted by Gasteiger charge is 2.15. The number of aromatic nitrogens is 1. The van der Waals surface area contributed by atoms with Crippen molar-refractivity contribution in [3.63, 3.8) is 0 Å². The Bertz CT molecular complexity index is 526. The molecule has 2 aromatic rings. The van der Waals surface area contributed by atoms with Crippen LogP contribution in [-0.4, -0.2) is 10.9 Å². The number of nitrogens with two attached hydrogens (primary N) is 2. The number of hydrogen-bond donors (Lipinski definition) is 2. The number of rotatable bonds is 1. The Morgan fingerprint density at radius 1 is 1.47 bits per heavy atom. The zero-order valence-electron chi connectivity index (χ0n) is 7.36. The number of anilines is 1. The van der Waals surface area contributed by atoms with Gasteiger partial charge in [-0.3, -0.25) is 4.79 Å². The molecule has 7 heteroatoms. The van der Waals surface area contributed by atoms with Crippen LogP contribution < -0.4 is 11.5 Å². The predicted octanol–water partition coefficient (Wildman–Crippen LogP) is 1.07. The maximum Gasteiger partial charge on any atom is 0.293 e. The first-order valence-electron chi connectivity index (χ1n) is 3.74. The van der Waals surface area contributed by atoms with E-state index >= 15 is 0 Å². The van der Waals surface area contributed by atoms with Crippen LogP contribution in [-0.2, 0) is 0 Å². The van der Waals surface area contributed by atoms with Gasteiger partial charge in [-0.25, -0.2) is 4.39 Å². The minimum absolute atomic E-state index is 0. The summed E-state index contributed by atoms with van der Waals surface area (Å²) < 4.78 is 17.9. The monoisotopic (exact) mass is 231 g/mol. The SMILES string of the molecule is Cl.NC(=O)c1ccc(F)c2oc(N)nc12. The lowest BCUT2D eigenvalue weighted by Crippen LogP contribution is -2.11. The fourth-order valence-corrected chi connectivity index (χ4v) is 1.19. The molecule has 0 bridgehead atoms. The van der Waals surface area contributed by atoms with Gasteiger partial charge in [0.1, 0.15) is 5.52 Å². The first-order chi connectivity index (χ1) is 6.59. The van der Waals surface area contributed by atoms with E-state index in [0.717, 1.165) is 6.07 Å². The second-order valence-corrected chi connectivity index (χ2v) is 2.69. The fourth-order valence-electron chi connectivity index (χ4n) is 1.19. The number of oxazole rings is 1. The molecule has 0 aliphatic carbocycles. The lowest BCUT2D eigenvalue weighted by Gasteiger charge is -1.95. The third-order valence-electron chi connectivity index (χ3n) is 1.78. The molecule has 1 amide bonds. The quantitative estimate of drug-likeness (QED) is 0.767. The number of carbonyl (C=O) groups excluding carboxylic acids is 1. The molecule has 80 valence electrons. The second kappa shape index (κ2) is 3.74. The normalized spacial score (nSPS) is 9.93. The van der Waals surface area contributed by atoms with Crippen molar-refractivity contribution >= 4 is 35.4 Å². The van der Waals surface area contributed by atoms with Crippen LogP contribution >= 0.6 is 12.4 Å². The molecule has 2 rings (SSSR count). The van der Waals surface area contributed by atoms with E-state index in [-0.39, 0.29) is 35.1 Å². The molecule has 0 aliphatic rings. The van der Waals surface area contributed by atoms with Crippen LogP contribution in [0.5, 0.6) is 0 Å². The summed E-state index contributed by atoms with van der Waals surface area (Å²) in [7, 11) is 0. The van der Waals surface area contributed by atoms with Gasteiger partial charge in [-0.15, -0.1) is 12.4 Å². The molecular weight excluding hydrogens is 225 g/mol. The highest BCUT2D eigenvalue weighted by atomic mass is 35.5. The summed E-state index contributed by atoms with van der Waals surface area (Å²) in [5, 5.41) is 0. The first kappa shape index (κ1) is 11.3. The zero-order valence-corrected chi connectivity index (χ0v) is 8.18. The van der Waals surface area contributed by atoms with Crippen LogP contribution in [0, 0.1) is 5.82 Å². The smallest absolute Gasteiger partial charge is 0.293 e. The number of fused-ring (bicyclic) bond motifs is 1. The molecule has 0 saturated heterocycles. The van der Waals surface area contributed by atoms with E-state index in [1.165, 1.54) is 6.07 Å². The number of nitrogen functional groups attached to an aromatic ring is 1. The second-order valence-electron chi connectivity index (χ2n) is 2.69. The van der Waals surface area contributed by atoms with Gasteiger partial charge in [0.15, 0.2) is 11.4 Å². The van der Waals surface area contributed by atoms with Crippen molar-refractivity contribution in [2.45, 2.75) is 0 Å². The molecular formula is C8H7ClFN3O2. The minimum atomic E-state index is -0.705. The Morgan fingerprint density at radius 2 is 2.13 bits per heavy atom. The highest BCUT2D eigenvalue weighted by Crippen LogP contribution is 2.23. The first-order valence-corrected chi connectivity index (χ1v) is 3.74. The topological polar surface area (TPSA) is 95.1 Å². The fraction of sp³-hybridized carbons (Fsp3) is 0. The average Bonchev–Trinajstić information content (AvgIpc) is 2.47.